The average Bonchev–Trinajstić information content (AvgIpc) is 3.97. The Morgan fingerprint density at radius 1 is 0.812 bits per heavy atom. The largest absolute Gasteiger partial charge is 0.487 e. The van der Waals surface area contributed by atoms with Crippen LogP contribution in [0.25, 0.3) is 11.1 Å². The molecule has 6 aliphatic heterocycles. The normalized spacial score (nSPS) is 22.7. The zero-order valence-corrected chi connectivity index (χ0v) is 35.3. The van der Waals surface area contributed by atoms with Gasteiger partial charge >= 0.3 is 5.57 Å². The SMILES string of the molecule is O=C1CCC(N2C(=O)c3ccc(N4CC(N5CC(N6CCC(n7cc(-c8cc(C(=O)Nc9ccc(OC(F)(F)Cl)cc9)cnc8N8CC[C@@H](O)C8)cn7)CC6)C5)C4)cc3C2=O)C(=O)N1. The number of aliphatic hydroxyl groups is 1. The molecule has 64 heavy (non-hydrogen) atoms. The van der Waals surface area contributed by atoms with E-state index in [0.717, 1.165) is 68.3 Å². The predicted molar refractivity (Wildman–Crippen MR) is 228 cm³/mol. The maximum absolute atomic E-state index is 13.4. The molecule has 5 fully saturated rings. The van der Waals surface area contributed by atoms with Gasteiger partial charge in [-0.2, -0.15) is 5.10 Å². The van der Waals surface area contributed by atoms with Gasteiger partial charge in [0.1, 0.15) is 17.6 Å². The number of nitrogens with zero attached hydrogens (tertiary/aromatic N) is 8. The summed E-state index contributed by atoms with van der Waals surface area (Å²) < 4.78 is 32.5. The van der Waals surface area contributed by atoms with Crippen molar-refractivity contribution in [1.29, 1.82) is 0 Å². The molecule has 0 radical (unpaired) electrons. The summed E-state index contributed by atoms with van der Waals surface area (Å²) in [7, 11) is 0. The van der Waals surface area contributed by atoms with Crippen LogP contribution in [0, 0.1) is 0 Å². The Balaban J connectivity index is 0.726. The zero-order valence-electron chi connectivity index (χ0n) is 34.5. The van der Waals surface area contributed by atoms with Crippen molar-refractivity contribution in [3.63, 3.8) is 0 Å². The molecule has 5 amide bonds. The minimum atomic E-state index is -3.86. The maximum atomic E-state index is 13.4. The first kappa shape index (κ1) is 42.0. The number of carbonyl (C=O) groups excluding carboxylic acids is 5. The number of hydrogen-bond donors (Lipinski definition) is 3. The van der Waals surface area contributed by atoms with Gasteiger partial charge < -0.3 is 25.0 Å². The third-order valence-electron chi connectivity index (χ3n) is 13.3. The second-order valence-electron chi connectivity index (χ2n) is 17.3. The van der Waals surface area contributed by atoms with Gasteiger partial charge in [-0.05, 0) is 74.2 Å². The number of ether oxygens (including phenoxy) is 1. The van der Waals surface area contributed by atoms with Gasteiger partial charge in [-0.15, -0.1) is 8.78 Å². The van der Waals surface area contributed by atoms with Crippen LogP contribution in [0.2, 0.25) is 0 Å². The Morgan fingerprint density at radius 2 is 1.55 bits per heavy atom. The molecule has 3 N–H and O–H groups in total. The molecule has 334 valence electrons. The van der Waals surface area contributed by atoms with Crippen LogP contribution < -0.4 is 25.2 Å². The molecule has 2 atom stereocenters. The number of imide groups is 2. The summed E-state index contributed by atoms with van der Waals surface area (Å²) in [6, 6.07) is 12.5. The van der Waals surface area contributed by atoms with Crippen LogP contribution in [-0.4, -0.2) is 146 Å². The van der Waals surface area contributed by atoms with E-state index in [0.29, 0.717) is 48.7 Å². The van der Waals surface area contributed by atoms with Crippen molar-refractivity contribution >= 4 is 58.3 Å². The van der Waals surface area contributed by atoms with Crippen LogP contribution in [0.1, 0.15) is 69.2 Å². The third-order valence-corrected chi connectivity index (χ3v) is 13.4. The molecule has 2 aromatic heterocycles. The molecular formula is C44H45ClF2N10O7. The van der Waals surface area contributed by atoms with Crippen molar-refractivity contribution in [1.82, 2.24) is 34.8 Å². The van der Waals surface area contributed by atoms with E-state index in [9.17, 15) is 37.9 Å². The molecular weight excluding hydrogens is 854 g/mol. The molecule has 5 saturated heterocycles. The molecule has 10 rings (SSSR count). The minimum Gasteiger partial charge on any atom is -0.420 e. The molecule has 2 aromatic carbocycles. The average molecular weight is 899 g/mol. The molecule has 0 spiro atoms. The summed E-state index contributed by atoms with van der Waals surface area (Å²) in [5.74, 6) is -2.00. The number of hydrogen-bond acceptors (Lipinski definition) is 13. The Kier molecular flexibility index (Phi) is 10.8. The molecule has 8 heterocycles. The number of rotatable bonds is 11. The lowest BCUT2D eigenvalue weighted by molar-refractivity contribution is -0.136. The van der Waals surface area contributed by atoms with Gasteiger partial charge in [0.2, 0.25) is 11.8 Å². The molecule has 17 nitrogen and oxygen atoms in total. The van der Waals surface area contributed by atoms with E-state index in [1.807, 2.05) is 21.8 Å². The highest BCUT2D eigenvalue weighted by molar-refractivity contribution is 6.24. The number of aromatic nitrogens is 3. The first-order valence-electron chi connectivity index (χ1n) is 21.5. The van der Waals surface area contributed by atoms with Crippen molar-refractivity contribution in [2.45, 2.75) is 67.9 Å². The fourth-order valence-corrected chi connectivity index (χ4v) is 9.77. The van der Waals surface area contributed by atoms with E-state index in [1.54, 1.807) is 24.4 Å². The Labute approximate surface area is 370 Å². The first-order chi connectivity index (χ1) is 30.7. The number of anilines is 3. The molecule has 1 unspecified atom stereocenters. The minimum absolute atomic E-state index is 0.0759. The highest BCUT2D eigenvalue weighted by atomic mass is 35.5. The Hall–Kier alpha value is -6.02. The summed E-state index contributed by atoms with van der Waals surface area (Å²) >= 11 is 4.86. The maximum Gasteiger partial charge on any atom is 0.487 e. The van der Waals surface area contributed by atoms with Gasteiger partial charge in [0.05, 0.1) is 35.0 Å². The number of carbonyl (C=O) groups is 5. The number of fused-ring (bicyclic) bond motifs is 1. The van der Waals surface area contributed by atoms with E-state index in [4.69, 9.17) is 16.7 Å². The van der Waals surface area contributed by atoms with Crippen molar-refractivity contribution < 1.29 is 42.6 Å². The number of piperidine rings is 2. The van der Waals surface area contributed by atoms with Gasteiger partial charge in [0, 0.05) is 117 Å². The lowest BCUT2D eigenvalue weighted by Gasteiger charge is -2.55. The topological polar surface area (TPSA) is 186 Å². The molecule has 0 saturated carbocycles. The predicted octanol–water partition coefficient (Wildman–Crippen LogP) is 3.55. The van der Waals surface area contributed by atoms with Crippen LogP contribution in [-0.2, 0) is 9.59 Å². The number of halogens is 3. The quantitative estimate of drug-likeness (QED) is 0.147. The Bertz CT molecular complexity index is 2520. The fourth-order valence-electron chi connectivity index (χ4n) is 9.69. The van der Waals surface area contributed by atoms with E-state index in [1.165, 1.54) is 30.5 Å². The third kappa shape index (κ3) is 8.16. The molecule has 0 aliphatic carbocycles. The second-order valence-corrected chi connectivity index (χ2v) is 17.8. The zero-order chi connectivity index (χ0) is 44.4. The van der Waals surface area contributed by atoms with Crippen LogP contribution in [0.5, 0.6) is 5.75 Å². The lowest BCUT2D eigenvalue weighted by atomic mass is 9.95. The highest BCUT2D eigenvalue weighted by Gasteiger charge is 2.46. The molecule has 6 aliphatic rings. The fraction of sp³-hybridized carbons (Fsp3) is 0.432. The Morgan fingerprint density at radius 3 is 2.25 bits per heavy atom. The molecule has 0 bridgehead atoms. The van der Waals surface area contributed by atoms with Crippen molar-refractivity contribution in [3.05, 3.63) is 83.8 Å². The monoisotopic (exact) mass is 898 g/mol. The van der Waals surface area contributed by atoms with Gasteiger partial charge in [-0.1, -0.05) is 0 Å². The number of amides is 5. The van der Waals surface area contributed by atoms with E-state index in [2.05, 4.69) is 35.1 Å². The van der Waals surface area contributed by atoms with Crippen LogP contribution in [0.15, 0.2) is 67.1 Å². The molecule has 4 aromatic rings. The highest BCUT2D eigenvalue weighted by Crippen LogP contribution is 2.37. The number of nitrogens with one attached hydrogen (secondary N) is 2. The number of pyridine rings is 1. The first-order valence-corrected chi connectivity index (χ1v) is 21.9. The standard InChI is InChI=1S/C44H45ClF2N10O7/c45-44(46,47)64-33-4-1-27(2-5-33)50-40(60)25-15-35(39(48-17-25)53-14-11-32(58)24-53)26-18-49-56(19-26)28-9-12-52(13-10-28)30-20-55(21-30)31-22-54(23-31)29-3-6-34-36(16-29)43(63)57(42(34)62)37-7-8-38(59)51-41(37)61/h1-6,15-19,28,30-32,37,58H,7-14,20-24H2,(H,50,60)(H,51,59,61)/t32-,37?/m1/s1. The smallest absolute Gasteiger partial charge is 0.420 e. The summed E-state index contributed by atoms with van der Waals surface area (Å²) in [4.78, 5) is 78.9. The van der Waals surface area contributed by atoms with E-state index in [-0.39, 0.29) is 41.3 Å². The van der Waals surface area contributed by atoms with Crippen LogP contribution in [0.4, 0.5) is 26.0 Å². The van der Waals surface area contributed by atoms with Gasteiger partial charge in [-0.3, -0.25) is 48.7 Å². The number of alkyl halides is 3. The van der Waals surface area contributed by atoms with Gasteiger partial charge in [-0.25, -0.2) is 4.98 Å². The number of likely N-dealkylation sites (tertiary alicyclic amines) is 2. The summed E-state index contributed by atoms with van der Waals surface area (Å²) in [6.45, 7) is 6.46. The van der Waals surface area contributed by atoms with Gasteiger partial charge in [0.15, 0.2) is 0 Å². The lowest BCUT2D eigenvalue weighted by Crippen LogP contribution is -2.70. The van der Waals surface area contributed by atoms with Crippen LogP contribution >= 0.6 is 11.6 Å². The van der Waals surface area contributed by atoms with Gasteiger partial charge in [0.25, 0.3) is 17.7 Å². The van der Waals surface area contributed by atoms with E-state index >= 15 is 0 Å². The number of aliphatic hydroxyl groups excluding tert-OH is 1. The summed E-state index contributed by atoms with van der Waals surface area (Å²) in [6.07, 6.45) is 7.43. The molecule has 20 heteroatoms. The van der Waals surface area contributed by atoms with E-state index < -0.39 is 47.2 Å². The summed E-state index contributed by atoms with van der Waals surface area (Å²) in [5, 5.41) is 20.1. The van der Waals surface area contributed by atoms with Crippen molar-refractivity contribution in [2.75, 3.05) is 67.5 Å². The summed E-state index contributed by atoms with van der Waals surface area (Å²) in [5.41, 5.74) is -0.282. The number of β-amino-alcohol motifs (C(OH)–C–C–N with tert-alkyl or cyclic N) is 1. The van der Waals surface area contributed by atoms with Crippen molar-refractivity contribution in [2.24, 2.45) is 0 Å². The number of benzene rings is 2. The second kappa shape index (κ2) is 16.5. The van der Waals surface area contributed by atoms with Crippen LogP contribution in [0.3, 0.4) is 0 Å². The van der Waals surface area contributed by atoms with Crippen molar-refractivity contribution in [3.8, 4) is 16.9 Å².